The Morgan fingerprint density at radius 1 is 0.700 bits per heavy atom. The smallest absolute Gasteiger partial charge is 0.0486 e. The first-order valence-corrected chi connectivity index (χ1v) is 7.43. The molecule has 1 nitrogen and oxygen atoms in total. The van der Waals surface area contributed by atoms with Gasteiger partial charge in [0.25, 0.3) is 0 Å². The first-order valence-electron chi connectivity index (χ1n) is 7.43. The highest BCUT2D eigenvalue weighted by atomic mass is 15.2. The topological polar surface area (TPSA) is 3.24 Å². The molecule has 0 unspecified atom stereocenters. The number of hydrogen-bond acceptors (Lipinski definition) is 1. The second-order valence-electron chi connectivity index (χ2n) is 4.91. The molecule has 1 heterocycles. The molecule has 0 bridgehead atoms. The van der Waals surface area contributed by atoms with Crippen molar-refractivity contribution >= 4 is 23.5 Å². The maximum absolute atomic E-state index is 2.41. The van der Waals surface area contributed by atoms with Gasteiger partial charge in [-0.2, -0.15) is 0 Å². The second-order valence-corrected chi connectivity index (χ2v) is 4.91. The van der Waals surface area contributed by atoms with E-state index < -0.39 is 0 Å². The number of nitrogens with zero attached hydrogens (tertiary/aromatic N) is 1. The van der Waals surface area contributed by atoms with Crippen LogP contribution in [0.25, 0.3) is 12.2 Å². The number of fused-ring (bicyclic) bond motifs is 2. The van der Waals surface area contributed by atoms with Crippen molar-refractivity contribution in [3.05, 3.63) is 59.7 Å². The molecule has 0 N–H and O–H groups in total. The van der Waals surface area contributed by atoms with Gasteiger partial charge >= 0.3 is 0 Å². The molecule has 0 saturated carbocycles. The number of anilines is 2. The first-order chi connectivity index (χ1) is 9.77. The van der Waals surface area contributed by atoms with Crippen molar-refractivity contribution in [2.75, 3.05) is 4.90 Å². The van der Waals surface area contributed by atoms with Gasteiger partial charge in [0.1, 0.15) is 0 Å². The lowest BCUT2D eigenvalue weighted by atomic mass is 10.1. The average Bonchev–Trinajstić information content (AvgIpc) is 2.66. The lowest BCUT2D eigenvalue weighted by Gasteiger charge is -2.30. The lowest BCUT2D eigenvalue weighted by Crippen LogP contribution is -2.26. The van der Waals surface area contributed by atoms with Crippen LogP contribution < -0.4 is 4.90 Å². The van der Waals surface area contributed by atoms with Crippen LogP contribution in [0.5, 0.6) is 0 Å². The largest absolute Gasteiger partial charge is 0.338 e. The predicted octanol–water partition coefficient (Wildman–Crippen LogP) is 5.74. The highest BCUT2D eigenvalue weighted by Gasteiger charge is 2.19. The van der Waals surface area contributed by atoms with E-state index in [1.165, 1.54) is 22.5 Å². The van der Waals surface area contributed by atoms with Crippen LogP contribution in [0.2, 0.25) is 0 Å². The zero-order valence-corrected chi connectivity index (χ0v) is 12.8. The Morgan fingerprint density at radius 2 is 1.10 bits per heavy atom. The molecule has 3 rings (SSSR count). The van der Waals surface area contributed by atoms with Gasteiger partial charge in [0.05, 0.1) is 0 Å². The highest BCUT2D eigenvalue weighted by Crippen LogP contribution is 2.37. The summed E-state index contributed by atoms with van der Waals surface area (Å²) >= 11 is 0. The van der Waals surface area contributed by atoms with Gasteiger partial charge in [-0.1, -0.05) is 62.4 Å². The average molecular weight is 265 g/mol. The van der Waals surface area contributed by atoms with Crippen LogP contribution in [0.1, 0.15) is 38.8 Å². The molecule has 0 amide bonds. The first kappa shape index (κ1) is 14.4. The minimum atomic E-state index is 0.437. The van der Waals surface area contributed by atoms with E-state index in [1.54, 1.807) is 0 Å². The molecule has 104 valence electrons. The summed E-state index contributed by atoms with van der Waals surface area (Å²) in [5.74, 6) is 0. The molecule has 1 aliphatic heterocycles. The molecule has 0 aliphatic carbocycles. The summed E-state index contributed by atoms with van der Waals surface area (Å²) in [4.78, 5) is 2.41. The van der Waals surface area contributed by atoms with Gasteiger partial charge in [-0.3, -0.25) is 0 Å². The number of rotatable bonds is 1. The Bertz CT molecular complexity index is 547. The molecule has 0 aromatic heterocycles. The molecule has 0 fully saturated rings. The van der Waals surface area contributed by atoms with Crippen molar-refractivity contribution in [1.82, 2.24) is 0 Å². The third-order valence-electron chi connectivity index (χ3n) is 3.35. The van der Waals surface area contributed by atoms with Crippen molar-refractivity contribution in [3.63, 3.8) is 0 Å². The molecular weight excluding hydrogens is 242 g/mol. The van der Waals surface area contributed by atoms with Gasteiger partial charge in [0.2, 0.25) is 0 Å². The summed E-state index contributed by atoms with van der Waals surface area (Å²) in [6.07, 6.45) is 4.41. The summed E-state index contributed by atoms with van der Waals surface area (Å²) in [5, 5.41) is 0. The van der Waals surface area contributed by atoms with Gasteiger partial charge in [0.15, 0.2) is 0 Å². The van der Waals surface area contributed by atoms with E-state index in [-0.39, 0.29) is 0 Å². The summed E-state index contributed by atoms with van der Waals surface area (Å²) in [6.45, 7) is 8.47. The Balaban J connectivity index is 0.000000704. The van der Waals surface area contributed by atoms with E-state index in [9.17, 15) is 0 Å². The van der Waals surface area contributed by atoms with Crippen LogP contribution in [-0.2, 0) is 0 Å². The van der Waals surface area contributed by atoms with Crippen molar-refractivity contribution in [2.24, 2.45) is 0 Å². The quantitative estimate of drug-likeness (QED) is 0.635. The fourth-order valence-electron chi connectivity index (χ4n) is 2.56. The molecule has 20 heavy (non-hydrogen) atoms. The zero-order chi connectivity index (χ0) is 14.5. The van der Waals surface area contributed by atoms with E-state index >= 15 is 0 Å². The zero-order valence-electron chi connectivity index (χ0n) is 12.8. The van der Waals surface area contributed by atoms with Gasteiger partial charge in [0, 0.05) is 17.4 Å². The minimum Gasteiger partial charge on any atom is -0.338 e. The Morgan fingerprint density at radius 3 is 1.50 bits per heavy atom. The van der Waals surface area contributed by atoms with Crippen molar-refractivity contribution in [1.29, 1.82) is 0 Å². The van der Waals surface area contributed by atoms with Crippen molar-refractivity contribution < 1.29 is 0 Å². The van der Waals surface area contributed by atoms with E-state index in [0.717, 1.165) is 0 Å². The van der Waals surface area contributed by atoms with Crippen LogP contribution in [-0.4, -0.2) is 6.04 Å². The Labute approximate surface area is 122 Å². The molecule has 2 aromatic carbocycles. The van der Waals surface area contributed by atoms with E-state index in [2.05, 4.69) is 79.4 Å². The Kier molecular flexibility index (Phi) is 4.62. The van der Waals surface area contributed by atoms with E-state index in [1.807, 2.05) is 13.8 Å². The van der Waals surface area contributed by atoms with E-state index in [0.29, 0.717) is 6.04 Å². The maximum atomic E-state index is 2.41. The maximum Gasteiger partial charge on any atom is 0.0486 e. The van der Waals surface area contributed by atoms with Gasteiger partial charge < -0.3 is 4.90 Å². The summed E-state index contributed by atoms with van der Waals surface area (Å²) in [7, 11) is 0. The van der Waals surface area contributed by atoms with Crippen LogP contribution in [0.3, 0.4) is 0 Å². The highest BCUT2D eigenvalue weighted by molar-refractivity contribution is 5.88. The molecule has 0 saturated heterocycles. The minimum absolute atomic E-state index is 0.437. The molecule has 0 spiro atoms. The summed E-state index contributed by atoms with van der Waals surface area (Å²) in [6, 6.07) is 17.6. The third kappa shape index (κ3) is 2.62. The summed E-state index contributed by atoms with van der Waals surface area (Å²) < 4.78 is 0. The summed E-state index contributed by atoms with van der Waals surface area (Å²) in [5.41, 5.74) is 5.13. The SMILES string of the molecule is CC.CC(C)N1c2ccccc2C=Cc2ccccc21. The van der Waals surface area contributed by atoms with Gasteiger partial charge in [-0.15, -0.1) is 0 Å². The van der Waals surface area contributed by atoms with Crippen LogP contribution in [0, 0.1) is 0 Å². The normalized spacial score (nSPS) is 12.2. The second kappa shape index (κ2) is 6.42. The molecule has 2 aromatic rings. The lowest BCUT2D eigenvalue weighted by molar-refractivity contribution is 0.788. The molecule has 0 atom stereocenters. The predicted molar refractivity (Wildman–Crippen MR) is 90.4 cm³/mol. The molecule has 1 heteroatoms. The van der Waals surface area contributed by atoms with Crippen molar-refractivity contribution in [3.8, 4) is 0 Å². The fraction of sp³-hybridized carbons (Fsp3) is 0.263. The van der Waals surface area contributed by atoms with Crippen LogP contribution in [0.15, 0.2) is 48.5 Å². The van der Waals surface area contributed by atoms with Gasteiger partial charge in [-0.25, -0.2) is 0 Å². The molecule has 1 aliphatic rings. The van der Waals surface area contributed by atoms with Crippen LogP contribution >= 0.6 is 0 Å². The van der Waals surface area contributed by atoms with Gasteiger partial charge in [-0.05, 0) is 37.1 Å². The number of para-hydroxylation sites is 2. The van der Waals surface area contributed by atoms with E-state index in [4.69, 9.17) is 0 Å². The fourth-order valence-corrected chi connectivity index (χ4v) is 2.56. The molecular formula is C19H23N. The number of hydrogen-bond donors (Lipinski definition) is 0. The van der Waals surface area contributed by atoms with Crippen molar-refractivity contribution in [2.45, 2.75) is 33.7 Å². The standard InChI is InChI=1S/C17H17N.C2H6/c1-13(2)18-16-9-5-3-7-14(16)11-12-15-8-4-6-10-17(15)18;1-2/h3-13H,1-2H3;1-2H3. The monoisotopic (exact) mass is 265 g/mol. The third-order valence-corrected chi connectivity index (χ3v) is 3.35. The molecule has 0 radical (unpaired) electrons. The van der Waals surface area contributed by atoms with Crippen LogP contribution in [0.4, 0.5) is 11.4 Å². The Hall–Kier alpha value is -2.02. The number of benzene rings is 2.